The third-order valence-electron chi connectivity index (χ3n) is 3.47. The molecule has 0 fully saturated rings. The van der Waals surface area contributed by atoms with Gasteiger partial charge in [-0.2, -0.15) is 0 Å². The highest BCUT2D eigenvalue weighted by Gasteiger charge is 2.15. The molecule has 0 N–H and O–H groups in total. The lowest BCUT2D eigenvalue weighted by molar-refractivity contribution is 0.487. The van der Waals surface area contributed by atoms with Crippen LogP contribution in [0.2, 0.25) is 0 Å². The Morgan fingerprint density at radius 2 is 1.83 bits per heavy atom. The molecule has 4 nitrogen and oxygen atoms in total. The van der Waals surface area contributed by atoms with Gasteiger partial charge < -0.3 is 4.74 Å². The van der Waals surface area contributed by atoms with Crippen LogP contribution in [-0.4, -0.2) is 14.8 Å². The summed E-state index contributed by atoms with van der Waals surface area (Å²) in [5.41, 5.74) is 1.77. The molecule has 1 aliphatic rings. The van der Waals surface area contributed by atoms with Crippen LogP contribution in [0, 0.1) is 5.82 Å². The fourth-order valence-electron chi connectivity index (χ4n) is 2.36. The zero-order valence-corrected chi connectivity index (χ0v) is 12.1. The standard InChI is InChI=1S/C18H12FN3O/c19-14-8-5-13(6-9-14)7-10-17-20-18-15-3-1-2-4-16(15)23-12-11-22(18)21-17/h1-12H/b10-7+. The van der Waals surface area contributed by atoms with Crippen LogP contribution in [-0.2, 0) is 0 Å². The summed E-state index contributed by atoms with van der Waals surface area (Å²) in [6, 6.07) is 13.9. The maximum atomic E-state index is 12.9. The molecule has 0 spiro atoms. The second-order valence-electron chi connectivity index (χ2n) is 5.02. The summed E-state index contributed by atoms with van der Waals surface area (Å²) in [5.74, 6) is 1.78. The first kappa shape index (κ1) is 13.5. The Morgan fingerprint density at radius 3 is 2.70 bits per heavy atom. The summed E-state index contributed by atoms with van der Waals surface area (Å²) in [6.45, 7) is 0. The molecule has 0 radical (unpaired) electrons. The molecule has 5 heteroatoms. The topological polar surface area (TPSA) is 39.9 Å². The van der Waals surface area contributed by atoms with Crippen molar-refractivity contribution in [1.29, 1.82) is 0 Å². The van der Waals surface area contributed by atoms with Crippen molar-refractivity contribution in [2.75, 3.05) is 0 Å². The summed E-state index contributed by atoms with van der Waals surface area (Å²) in [4.78, 5) is 4.54. The van der Waals surface area contributed by atoms with Gasteiger partial charge in [0.05, 0.1) is 11.8 Å². The number of rotatable bonds is 2. The summed E-state index contributed by atoms with van der Waals surface area (Å²) in [6.07, 6.45) is 6.95. The third kappa shape index (κ3) is 2.64. The summed E-state index contributed by atoms with van der Waals surface area (Å²) >= 11 is 0. The minimum Gasteiger partial charge on any atom is -0.463 e. The predicted octanol–water partition coefficient (Wildman–Crippen LogP) is 4.08. The van der Waals surface area contributed by atoms with Crippen LogP contribution in [0.1, 0.15) is 11.4 Å². The lowest BCUT2D eigenvalue weighted by atomic mass is 10.2. The first-order chi connectivity index (χ1) is 11.3. The Kier molecular flexibility index (Phi) is 3.24. The van der Waals surface area contributed by atoms with Crippen LogP contribution in [0.25, 0.3) is 29.7 Å². The van der Waals surface area contributed by atoms with Gasteiger partial charge in [-0.3, -0.25) is 0 Å². The molecule has 0 aliphatic carbocycles. The molecule has 0 saturated carbocycles. The van der Waals surface area contributed by atoms with E-state index in [0.29, 0.717) is 11.6 Å². The summed E-state index contributed by atoms with van der Waals surface area (Å²) in [5, 5.41) is 4.42. The molecule has 0 unspecified atom stereocenters. The highest BCUT2D eigenvalue weighted by atomic mass is 19.1. The molecule has 23 heavy (non-hydrogen) atoms. The molecular formula is C18H12FN3O. The largest absolute Gasteiger partial charge is 0.463 e. The Balaban J connectivity index is 1.70. The van der Waals surface area contributed by atoms with Gasteiger partial charge in [-0.05, 0) is 35.9 Å². The highest BCUT2D eigenvalue weighted by molar-refractivity contribution is 5.71. The minimum atomic E-state index is -0.254. The van der Waals surface area contributed by atoms with E-state index >= 15 is 0 Å². The van der Waals surface area contributed by atoms with Crippen molar-refractivity contribution in [3.8, 4) is 17.1 Å². The van der Waals surface area contributed by atoms with Crippen LogP contribution < -0.4 is 4.74 Å². The monoisotopic (exact) mass is 305 g/mol. The van der Waals surface area contributed by atoms with Crippen LogP contribution in [0.15, 0.2) is 54.8 Å². The molecule has 0 saturated heterocycles. The number of ether oxygens (including phenoxy) is 1. The van der Waals surface area contributed by atoms with Crippen molar-refractivity contribution < 1.29 is 9.13 Å². The summed E-state index contributed by atoms with van der Waals surface area (Å²) in [7, 11) is 0. The number of hydrogen-bond donors (Lipinski definition) is 0. The predicted molar refractivity (Wildman–Crippen MR) is 86.7 cm³/mol. The smallest absolute Gasteiger partial charge is 0.175 e. The second-order valence-corrected chi connectivity index (χ2v) is 5.02. The van der Waals surface area contributed by atoms with Crippen molar-refractivity contribution in [3.63, 3.8) is 0 Å². The van der Waals surface area contributed by atoms with E-state index < -0.39 is 0 Å². The third-order valence-corrected chi connectivity index (χ3v) is 3.47. The van der Waals surface area contributed by atoms with Gasteiger partial charge in [0.25, 0.3) is 0 Å². The fourth-order valence-corrected chi connectivity index (χ4v) is 2.36. The Labute approximate surface area is 132 Å². The van der Waals surface area contributed by atoms with Crippen molar-refractivity contribution in [3.05, 3.63) is 72.0 Å². The Hall–Kier alpha value is -3.21. The quantitative estimate of drug-likeness (QED) is 0.716. The van der Waals surface area contributed by atoms with Crippen LogP contribution >= 0.6 is 0 Å². The number of benzene rings is 2. The van der Waals surface area contributed by atoms with Gasteiger partial charge in [0.2, 0.25) is 0 Å². The number of nitrogens with zero attached hydrogens (tertiary/aromatic N) is 3. The van der Waals surface area contributed by atoms with E-state index in [1.165, 1.54) is 12.1 Å². The van der Waals surface area contributed by atoms with Gasteiger partial charge in [-0.15, -0.1) is 5.10 Å². The van der Waals surface area contributed by atoms with E-state index in [9.17, 15) is 4.39 Å². The average molecular weight is 305 g/mol. The zero-order chi connectivity index (χ0) is 15.6. The molecule has 1 aromatic heterocycles. The number of hydrogen-bond acceptors (Lipinski definition) is 3. The molecule has 112 valence electrons. The van der Waals surface area contributed by atoms with Crippen molar-refractivity contribution >= 4 is 18.4 Å². The minimum absolute atomic E-state index is 0.254. The van der Waals surface area contributed by atoms with Crippen molar-refractivity contribution in [1.82, 2.24) is 14.8 Å². The normalized spacial score (nSPS) is 12.6. The van der Waals surface area contributed by atoms with Gasteiger partial charge >= 0.3 is 0 Å². The van der Waals surface area contributed by atoms with Crippen LogP contribution in [0.5, 0.6) is 5.75 Å². The average Bonchev–Trinajstić information content (AvgIpc) is 2.90. The molecule has 2 heterocycles. The highest BCUT2D eigenvalue weighted by Crippen LogP contribution is 2.30. The van der Waals surface area contributed by atoms with Gasteiger partial charge in [-0.1, -0.05) is 30.3 Å². The molecule has 3 aromatic rings. The lowest BCUT2D eigenvalue weighted by Crippen LogP contribution is -1.91. The van der Waals surface area contributed by atoms with E-state index in [1.54, 1.807) is 35.4 Å². The number of aromatic nitrogens is 3. The van der Waals surface area contributed by atoms with Crippen LogP contribution in [0.4, 0.5) is 4.39 Å². The van der Waals surface area contributed by atoms with Gasteiger partial charge in [0, 0.05) is 0 Å². The second kappa shape index (κ2) is 5.53. The molecular weight excluding hydrogens is 293 g/mol. The first-order valence-corrected chi connectivity index (χ1v) is 7.12. The van der Waals surface area contributed by atoms with Gasteiger partial charge in [-0.25, -0.2) is 14.1 Å². The fraction of sp³-hybridized carbons (Fsp3) is 0. The number of fused-ring (bicyclic) bond motifs is 3. The van der Waals surface area contributed by atoms with E-state index in [0.717, 1.165) is 16.9 Å². The molecule has 2 aromatic carbocycles. The van der Waals surface area contributed by atoms with E-state index in [1.807, 2.05) is 30.3 Å². The molecule has 0 amide bonds. The van der Waals surface area contributed by atoms with Crippen molar-refractivity contribution in [2.24, 2.45) is 0 Å². The number of para-hydroxylation sites is 1. The maximum absolute atomic E-state index is 12.9. The number of halogens is 1. The Bertz CT molecular complexity index is 910. The molecule has 0 atom stereocenters. The van der Waals surface area contributed by atoms with E-state index in [4.69, 9.17) is 4.74 Å². The summed E-state index contributed by atoms with van der Waals surface area (Å²) < 4.78 is 20.1. The van der Waals surface area contributed by atoms with Gasteiger partial charge in [0.1, 0.15) is 17.8 Å². The zero-order valence-electron chi connectivity index (χ0n) is 12.1. The molecule has 1 aliphatic heterocycles. The van der Waals surface area contributed by atoms with Crippen LogP contribution in [0.3, 0.4) is 0 Å². The van der Waals surface area contributed by atoms with E-state index in [-0.39, 0.29) is 5.82 Å². The van der Waals surface area contributed by atoms with Crippen molar-refractivity contribution in [2.45, 2.75) is 0 Å². The SMILES string of the molecule is Fc1ccc(/C=C/c2nc3n(n2)C=COc2ccccc2-3)cc1. The Morgan fingerprint density at radius 1 is 1.00 bits per heavy atom. The molecule has 0 bridgehead atoms. The van der Waals surface area contributed by atoms with E-state index in [2.05, 4.69) is 10.1 Å². The first-order valence-electron chi connectivity index (χ1n) is 7.12. The lowest BCUT2D eigenvalue weighted by Gasteiger charge is -2.02. The maximum Gasteiger partial charge on any atom is 0.175 e. The molecule has 4 rings (SSSR count). The van der Waals surface area contributed by atoms with Gasteiger partial charge in [0.15, 0.2) is 11.6 Å².